The summed E-state index contributed by atoms with van der Waals surface area (Å²) in [6.45, 7) is 6.49. The van der Waals surface area contributed by atoms with Gasteiger partial charge in [-0.25, -0.2) is 0 Å². The largest absolute Gasteiger partial charge is 0.310 e. The molecule has 0 saturated carbocycles. The van der Waals surface area contributed by atoms with E-state index in [4.69, 9.17) is 0 Å². The number of nitrogens with one attached hydrogen (secondary N) is 1. The Morgan fingerprint density at radius 1 is 1.50 bits per heavy atom. The van der Waals surface area contributed by atoms with Crippen LogP contribution >= 0.6 is 0 Å². The standard InChI is InChI=1S/C12H24N4/c1-10(13-7-6-8-15(3)4)12-9-14-16(5)11(12)2/h9-10,13H,6-8H2,1-5H3. The van der Waals surface area contributed by atoms with Crippen LogP contribution in [-0.4, -0.2) is 41.9 Å². The van der Waals surface area contributed by atoms with E-state index in [2.05, 4.69) is 43.3 Å². The third-order valence-electron chi connectivity index (χ3n) is 2.97. The Bertz CT molecular complexity index is 317. The summed E-state index contributed by atoms with van der Waals surface area (Å²) in [4.78, 5) is 2.21. The van der Waals surface area contributed by atoms with Crippen LogP contribution in [0.1, 0.15) is 30.6 Å². The van der Waals surface area contributed by atoms with E-state index in [0.717, 1.165) is 13.1 Å². The van der Waals surface area contributed by atoms with Crippen molar-refractivity contribution in [3.05, 3.63) is 17.5 Å². The second-order valence-electron chi connectivity index (χ2n) is 4.64. The van der Waals surface area contributed by atoms with Gasteiger partial charge in [-0.15, -0.1) is 0 Å². The molecule has 0 bridgehead atoms. The summed E-state index contributed by atoms with van der Waals surface area (Å²) in [6.07, 6.45) is 3.13. The SMILES string of the molecule is Cc1c(C(C)NCCCN(C)C)cnn1C. The fourth-order valence-electron chi connectivity index (χ4n) is 1.76. The van der Waals surface area contributed by atoms with Crippen LogP contribution in [0.25, 0.3) is 0 Å². The Labute approximate surface area is 98.6 Å². The van der Waals surface area contributed by atoms with Gasteiger partial charge in [0, 0.05) is 24.3 Å². The lowest BCUT2D eigenvalue weighted by Gasteiger charge is -2.15. The minimum absolute atomic E-state index is 0.385. The van der Waals surface area contributed by atoms with Gasteiger partial charge in [-0.1, -0.05) is 0 Å². The molecule has 0 aliphatic carbocycles. The van der Waals surface area contributed by atoms with Gasteiger partial charge in [0.2, 0.25) is 0 Å². The Kier molecular flexibility index (Phi) is 4.96. The lowest BCUT2D eigenvalue weighted by atomic mass is 10.1. The molecule has 1 aromatic rings. The summed E-state index contributed by atoms with van der Waals surface area (Å²) in [5.41, 5.74) is 2.54. The Hall–Kier alpha value is -0.870. The van der Waals surface area contributed by atoms with E-state index in [1.165, 1.54) is 17.7 Å². The molecule has 1 atom stereocenters. The first-order valence-electron chi connectivity index (χ1n) is 5.89. The zero-order valence-corrected chi connectivity index (χ0v) is 11.1. The molecule has 0 fully saturated rings. The van der Waals surface area contributed by atoms with Crippen molar-refractivity contribution in [3.8, 4) is 0 Å². The van der Waals surface area contributed by atoms with E-state index < -0.39 is 0 Å². The predicted molar refractivity (Wildman–Crippen MR) is 67.5 cm³/mol. The van der Waals surface area contributed by atoms with Crippen molar-refractivity contribution in [1.29, 1.82) is 0 Å². The summed E-state index contributed by atoms with van der Waals surface area (Å²) >= 11 is 0. The molecule has 4 nitrogen and oxygen atoms in total. The lowest BCUT2D eigenvalue weighted by molar-refractivity contribution is 0.389. The summed E-state index contributed by atoms with van der Waals surface area (Å²) in [6, 6.07) is 0.385. The maximum Gasteiger partial charge on any atom is 0.0540 e. The molecule has 4 heteroatoms. The number of hydrogen-bond donors (Lipinski definition) is 1. The van der Waals surface area contributed by atoms with Gasteiger partial charge in [-0.3, -0.25) is 4.68 Å². The van der Waals surface area contributed by atoms with E-state index in [0.29, 0.717) is 6.04 Å². The molecule has 1 rings (SSSR count). The molecule has 1 N–H and O–H groups in total. The molecule has 0 aliphatic rings. The average molecular weight is 224 g/mol. The van der Waals surface area contributed by atoms with Crippen LogP contribution in [0.5, 0.6) is 0 Å². The lowest BCUT2D eigenvalue weighted by Crippen LogP contribution is -2.24. The first kappa shape index (κ1) is 13.2. The van der Waals surface area contributed by atoms with Crippen molar-refractivity contribution in [1.82, 2.24) is 20.0 Å². The van der Waals surface area contributed by atoms with Gasteiger partial charge in [-0.2, -0.15) is 5.10 Å². The topological polar surface area (TPSA) is 33.1 Å². The van der Waals surface area contributed by atoms with Crippen LogP contribution in [0.15, 0.2) is 6.20 Å². The van der Waals surface area contributed by atoms with Gasteiger partial charge in [0.15, 0.2) is 0 Å². The fourth-order valence-corrected chi connectivity index (χ4v) is 1.76. The van der Waals surface area contributed by atoms with Crippen LogP contribution in [-0.2, 0) is 7.05 Å². The highest BCUT2D eigenvalue weighted by atomic mass is 15.3. The second-order valence-corrected chi connectivity index (χ2v) is 4.64. The molecule has 0 amide bonds. The van der Waals surface area contributed by atoms with E-state index in [-0.39, 0.29) is 0 Å². The number of nitrogens with zero attached hydrogens (tertiary/aromatic N) is 3. The number of rotatable bonds is 6. The zero-order chi connectivity index (χ0) is 12.1. The maximum absolute atomic E-state index is 4.26. The van der Waals surface area contributed by atoms with Crippen LogP contribution in [0.4, 0.5) is 0 Å². The summed E-state index contributed by atoms with van der Waals surface area (Å²) in [5, 5.41) is 7.79. The summed E-state index contributed by atoms with van der Waals surface area (Å²) in [5.74, 6) is 0. The van der Waals surface area contributed by atoms with Crippen LogP contribution in [0.3, 0.4) is 0 Å². The molecule has 0 saturated heterocycles. The fraction of sp³-hybridized carbons (Fsp3) is 0.750. The minimum atomic E-state index is 0.385. The molecule has 92 valence electrons. The van der Waals surface area contributed by atoms with Crippen molar-refractivity contribution in [2.75, 3.05) is 27.2 Å². The molecule has 0 spiro atoms. The van der Waals surface area contributed by atoms with Gasteiger partial charge in [0.25, 0.3) is 0 Å². The van der Waals surface area contributed by atoms with E-state index in [1.807, 2.05) is 17.9 Å². The highest BCUT2D eigenvalue weighted by Gasteiger charge is 2.10. The van der Waals surface area contributed by atoms with Gasteiger partial charge >= 0.3 is 0 Å². The molecule has 1 aromatic heterocycles. The van der Waals surface area contributed by atoms with Crippen LogP contribution in [0.2, 0.25) is 0 Å². The minimum Gasteiger partial charge on any atom is -0.310 e. The molecular formula is C12H24N4. The smallest absolute Gasteiger partial charge is 0.0540 e. The summed E-state index contributed by atoms with van der Waals surface area (Å²) in [7, 11) is 6.20. The van der Waals surface area contributed by atoms with Gasteiger partial charge in [0.05, 0.1) is 6.20 Å². The molecular weight excluding hydrogens is 200 g/mol. The van der Waals surface area contributed by atoms with Gasteiger partial charge in [-0.05, 0) is 47.5 Å². The predicted octanol–water partition coefficient (Wildman–Crippen LogP) is 1.33. The van der Waals surface area contributed by atoms with Crippen LogP contribution in [0, 0.1) is 6.92 Å². The number of aromatic nitrogens is 2. The molecule has 0 aromatic carbocycles. The molecule has 1 unspecified atom stereocenters. The highest BCUT2D eigenvalue weighted by Crippen LogP contribution is 2.15. The van der Waals surface area contributed by atoms with Gasteiger partial charge in [0.1, 0.15) is 0 Å². The second kappa shape index (κ2) is 6.01. The van der Waals surface area contributed by atoms with Gasteiger partial charge < -0.3 is 10.2 Å². The van der Waals surface area contributed by atoms with E-state index in [1.54, 1.807) is 0 Å². The Morgan fingerprint density at radius 3 is 2.69 bits per heavy atom. The molecule has 0 radical (unpaired) electrons. The van der Waals surface area contributed by atoms with Crippen LogP contribution < -0.4 is 5.32 Å². The normalized spacial score (nSPS) is 13.4. The first-order valence-corrected chi connectivity index (χ1v) is 5.89. The monoisotopic (exact) mass is 224 g/mol. The maximum atomic E-state index is 4.26. The van der Waals surface area contributed by atoms with Crippen molar-refractivity contribution in [3.63, 3.8) is 0 Å². The van der Waals surface area contributed by atoms with E-state index in [9.17, 15) is 0 Å². The third-order valence-corrected chi connectivity index (χ3v) is 2.97. The van der Waals surface area contributed by atoms with Crippen molar-refractivity contribution in [2.24, 2.45) is 7.05 Å². The van der Waals surface area contributed by atoms with Crippen molar-refractivity contribution in [2.45, 2.75) is 26.3 Å². The number of hydrogen-bond acceptors (Lipinski definition) is 3. The van der Waals surface area contributed by atoms with Crippen molar-refractivity contribution >= 4 is 0 Å². The highest BCUT2D eigenvalue weighted by molar-refractivity contribution is 5.19. The molecule has 16 heavy (non-hydrogen) atoms. The summed E-state index contributed by atoms with van der Waals surface area (Å²) < 4.78 is 1.92. The molecule has 1 heterocycles. The van der Waals surface area contributed by atoms with Crippen molar-refractivity contribution < 1.29 is 0 Å². The third kappa shape index (κ3) is 3.61. The zero-order valence-electron chi connectivity index (χ0n) is 11.1. The first-order chi connectivity index (χ1) is 7.52. The Morgan fingerprint density at radius 2 is 2.19 bits per heavy atom. The molecule has 0 aliphatic heterocycles. The Balaban J connectivity index is 2.35. The quantitative estimate of drug-likeness (QED) is 0.740. The average Bonchev–Trinajstić information content (AvgIpc) is 2.54. The number of aryl methyl sites for hydroxylation is 1. The van der Waals surface area contributed by atoms with E-state index >= 15 is 0 Å².